The molecular formula is C27H25N5O2S2. The Morgan fingerprint density at radius 1 is 1.11 bits per heavy atom. The number of nitrogens with zero attached hydrogens (tertiary/aromatic N) is 4. The van der Waals surface area contributed by atoms with Crippen LogP contribution < -0.4 is 10.2 Å². The molecule has 0 radical (unpaired) electrons. The highest BCUT2D eigenvalue weighted by Gasteiger charge is 2.39. The molecule has 0 aliphatic carbocycles. The molecule has 3 aromatic rings. The summed E-state index contributed by atoms with van der Waals surface area (Å²) in [6.07, 6.45) is 3.47. The van der Waals surface area contributed by atoms with Crippen molar-refractivity contribution >= 4 is 57.4 Å². The minimum Gasteiger partial charge on any atom is -0.384 e. The van der Waals surface area contributed by atoms with Gasteiger partial charge in [0.05, 0.1) is 28.6 Å². The van der Waals surface area contributed by atoms with E-state index < -0.39 is 0 Å². The second-order valence-corrected chi connectivity index (χ2v) is 10.3. The number of hydrogen-bond donors (Lipinski definition) is 1. The van der Waals surface area contributed by atoms with E-state index in [1.54, 1.807) is 41.2 Å². The van der Waals surface area contributed by atoms with Gasteiger partial charge in [0.1, 0.15) is 4.91 Å². The first-order valence-corrected chi connectivity index (χ1v) is 13.2. The molecule has 182 valence electrons. The Kier molecular flexibility index (Phi) is 6.84. The second-order valence-electron chi connectivity index (χ2n) is 8.33. The predicted octanol–water partition coefficient (Wildman–Crippen LogP) is 5.89. The number of carbonyl (C=O) groups is 2. The maximum absolute atomic E-state index is 13.8. The number of hydrogen-bond acceptors (Lipinski definition) is 8. The molecule has 1 saturated heterocycles. The van der Waals surface area contributed by atoms with Gasteiger partial charge in [0.2, 0.25) is 0 Å². The molecule has 9 heteroatoms. The number of amides is 1. The molecular weight excluding hydrogens is 490 g/mol. The molecule has 0 unspecified atom stereocenters. The first-order chi connectivity index (χ1) is 17.5. The van der Waals surface area contributed by atoms with E-state index >= 15 is 0 Å². The zero-order valence-corrected chi connectivity index (χ0v) is 21.8. The number of Topliss-reactive ketones (excluding diaryl/α,β-unsaturated/α-hetero) is 1. The molecule has 7 nitrogen and oxygen atoms in total. The summed E-state index contributed by atoms with van der Waals surface area (Å²) in [5, 5.41) is 4.76. The van der Waals surface area contributed by atoms with Crippen molar-refractivity contribution in [1.82, 2.24) is 9.88 Å². The number of para-hydroxylation sites is 1. The van der Waals surface area contributed by atoms with Crippen LogP contribution in [0.25, 0.3) is 0 Å². The average Bonchev–Trinajstić information content (AvgIpc) is 3.37. The van der Waals surface area contributed by atoms with E-state index in [9.17, 15) is 9.59 Å². The van der Waals surface area contributed by atoms with Gasteiger partial charge in [-0.1, -0.05) is 30.0 Å². The minimum absolute atomic E-state index is 0.0357. The topological polar surface area (TPSA) is 77.9 Å². The van der Waals surface area contributed by atoms with Gasteiger partial charge in [-0.3, -0.25) is 19.5 Å². The molecule has 2 aliphatic rings. The molecule has 1 aromatic heterocycles. The summed E-state index contributed by atoms with van der Waals surface area (Å²) in [4.78, 5) is 40.5. The van der Waals surface area contributed by atoms with E-state index in [2.05, 4.69) is 27.3 Å². The molecule has 3 heterocycles. The lowest BCUT2D eigenvalue weighted by molar-refractivity contribution is -0.122. The van der Waals surface area contributed by atoms with Gasteiger partial charge in [0.25, 0.3) is 5.91 Å². The lowest BCUT2D eigenvalue weighted by Gasteiger charge is -2.17. The summed E-state index contributed by atoms with van der Waals surface area (Å²) in [5.41, 5.74) is 3.99. The SMILES string of the molecule is CCNc1ccc(C(C)=O)cc1/N=C1/S/C(=C2\Sc3ccccc3N2C)C(=O)N1Cc1cccnc1. The molecule has 0 spiro atoms. The molecule has 0 bridgehead atoms. The number of rotatable bonds is 6. The van der Waals surface area contributed by atoms with Crippen LogP contribution in [0.3, 0.4) is 0 Å². The monoisotopic (exact) mass is 515 g/mol. The van der Waals surface area contributed by atoms with Crippen molar-refractivity contribution < 1.29 is 9.59 Å². The summed E-state index contributed by atoms with van der Waals surface area (Å²) in [6.45, 7) is 4.60. The zero-order valence-electron chi connectivity index (χ0n) is 20.2. The number of benzene rings is 2. The average molecular weight is 516 g/mol. The quantitative estimate of drug-likeness (QED) is 0.324. The van der Waals surface area contributed by atoms with Gasteiger partial charge >= 0.3 is 0 Å². The van der Waals surface area contributed by atoms with Crippen LogP contribution in [0.1, 0.15) is 29.8 Å². The number of ketones is 1. The fourth-order valence-corrected chi connectivity index (χ4v) is 6.35. The van der Waals surface area contributed by atoms with Crippen molar-refractivity contribution in [2.75, 3.05) is 23.8 Å². The summed E-state index contributed by atoms with van der Waals surface area (Å²) >= 11 is 2.96. The van der Waals surface area contributed by atoms with E-state index in [1.165, 1.54) is 18.7 Å². The van der Waals surface area contributed by atoms with E-state index in [0.717, 1.165) is 26.9 Å². The Morgan fingerprint density at radius 2 is 1.94 bits per heavy atom. The maximum Gasteiger partial charge on any atom is 0.269 e. The highest BCUT2D eigenvalue weighted by molar-refractivity contribution is 8.19. The lowest BCUT2D eigenvalue weighted by Crippen LogP contribution is -2.29. The van der Waals surface area contributed by atoms with E-state index in [-0.39, 0.29) is 11.7 Å². The van der Waals surface area contributed by atoms with Gasteiger partial charge in [-0.05, 0) is 67.6 Å². The Bertz CT molecular complexity index is 1400. The van der Waals surface area contributed by atoms with Crippen molar-refractivity contribution in [3.63, 3.8) is 0 Å². The summed E-state index contributed by atoms with van der Waals surface area (Å²) < 4.78 is 0. The van der Waals surface area contributed by atoms with Crippen LogP contribution in [-0.2, 0) is 11.3 Å². The molecule has 2 aromatic carbocycles. The van der Waals surface area contributed by atoms with Crippen molar-refractivity contribution in [3.8, 4) is 0 Å². The maximum atomic E-state index is 13.8. The summed E-state index contributed by atoms with van der Waals surface area (Å²) in [7, 11) is 1.98. The smallest absolute Gasteiger partial charge is 0.269 e. The molecule has 2 aliphatic heterocycles. The molecule has 0 atom stereocenters. The number of amidine groups is 1. The number of anilines is 2. The Hall–Kier alpha value is -3.56. The molecule has 1 N–H and O–H groups in total. The third kappa shape index (κ3) is 4.64. The first-order valence-electron chi connectivity index (χ1n) is 11.6. The van der Waals surface area contributed by atoms with E-state index in [4.69, 9.17) is 4.99 Å². The molecule has 1 amide bonds. The van der Waals surface area contributed by atoms with E-state index in [1.807, 2.05) is 44.3 Å². The summed E-state index contributed by atoms with van der Waals surface area (Å²) in [6, 6.07) is 17.4. The van der Waals surface area contributed by atoms with E-state index in [0.29, 0.717) is 34.4 Å². The van der Waals surface area contributed by atoms with Crippen molar-refractivity contribution in [3.05, 3.63) is 88.1 Å². The van der Waals surface area contributed by atoms with Crippen LogP contribution in [0.2, 0.25) is 0 Å². The highest BCUT2D eigenvalue weighted by Crippen LogP contribution is 2.50. The Labute approximate surface area is 218 Å². The standard InChI is InChI=1S/C27H25N5O2S2/c1-4-29-20-12-11-19(17(2)33)14-21(20)30-27-32(16-18-8-7-13-28-15-18)25(34)24(36-27)26-31(3)22-9-5-6-10-23(22)35-26/h5-15,29H,4,16H2,1-3H3/b26-24-,30-27+. The fraction of sp³-hybridized carbons (Fsp3) is 0.185. The van der Waals surface area contributed by atoms with Crippen LogP contribution in [0.15, 0.2) is 86.8 Å². The van der Waals surface area contributed by atoms with Gasteiger partial charge in [0.15, 0.2) is 11.0 Å². The lowest BCUT2D eigenvalue weighted by atomic mass is 10.1. The molecule has 5 rings (SSSR count). The van der Waals surface area contributed by atoms with Gasteiger partial charge in [-0.2, -0.15) is 0 Å². The Morgan fingerprint density at radius 3 is 2.67 bits per heavy atom. The summed E-state index contributed by atoms with van der Waals surface area (Å²) in [5.74, 6) is -0.135. The minimum atomic E-state index is -0.0996. The molecule has 0 saturated carbocycles. The third-order valence-corrected chi connectivity index (χ3v) is 8.28. The van der Waals surface area contributed by atoms with Crippen LogP contribution in [0.5, 0.6) is 0 Å². The van der Waals surface area contributed by atoms with Crippen LogP contribution in [0, 0.1) is 0 Å². The second kappa shape index (κ2) is 10.2. The van der Waals surface area contributed by atoms with Crippen molar-refractivity contribution in [2.45, 2.75) is 25.3 Å². The van der Waals surface area contributed by atoms with Gasteiger partial charge in [-0.25, -0.2) is 4.99 Å². The number of fused-ring (bicyclic) bond motifs is 1. The Balaban J connectivity index is 1.60. The normalized spacial score (nSPS) is 18.2. The fourth-order valence-electron chi connectivity index (χ4n) is 4.02. The molecule has 36 heavy (non-hydrogen) atoms. The van der Waals surface area contributed by atoms with Crippen molar-refractivity contribution in [1.29, 1.82) is 0 Å². The van der Waals surface area contributed by atoms with Gasteiger partial charge < -0.3 is 10.2 Å². The van der Waals surface area contributed by atoms with Crippen LogP contribution in [-0.4, -0.2) is 40.3 Å². The first kappa shape index (κ1) is 24.1. The number of aromatic nitrogens is 1. The highest BCUT2D eigenvalue weighted by atomic mass is 32.2. The third-order valence-electron chi connectivity index (χ3n) is 5.85. The predicted molar refractivity (Wildman–Crippen MR) is 148 cm³/mol. The largest absolute Gasteiger partial charge is 0.384 e. The van der Waals surface area contributed by atoms with Gasteiger partial charge in [-0.15, -0.1) is 0 Å². The van der Waals surface area contributed by atoms with Crippen molar-refractivity contribution in [2.24, 2.45) is 4.99 Å². The van der Waals surface area contributed by atoms with Crippen LogP contribution >= 0.6 is 23.5 Å². The number of carbonyl (C=O) groups excluding carboxylic acids is 2. The van der Waals surface area contributed by atoms with Gasteiger partial charge in [0, 0.05) is 36.4 Å². The number of thioether (sulfide) groups is 2. The molecule has 1 fully saturated rings. The van der Waals surface area contributed by atoms with Crippen LogP contribution in [0.4, 0.5) is 17.1 Å². The zero-order chi connectivity index (χ0) is 25.2. The number of aliphatic imine (C=N–C) groups is 1. The number of nitrogens with one attached hydrogen (secondary N) is 1. The number of pyridine rings is 1.